The number of urea groups is 1. The topological polar surface area (TPSA) is 177 Å². The largest absolute Gasteiger partial charge is 0.460 e. The van der Waals surface area contributed by atoms with Crippen LogP contribution in [-0.4, -0.2) is 71.6 Å². The SMILES string of the molecule is C[C@@H]1C[C@@H](C(=O)NC(CC2CCC2)C(=O)C(N)=O)N(C(=O)C(NC(=O)NCC(=O)OCc2ccccc2)C(C)(C)C)C1. The van der Waals surface area contributed by atoms with Gasteiger partial charge in [-0.05, 0) is 35.7 Å². The molecule has 42 heavy (non-hydrogen) atoms. The zero-order valence-corrected chi connectivity index (χ0v) is 24.8. The van der Waals surface area contributed by atoms with Crippen LogP contribution in [0.25, 0.3) is 0 Å². The van der Waals surface area contributed by atoms with Gasteiger partial charge >= 0.3 is 12.0 Å². The van der Waals surface area contributed by atoms with Crippen LogP contribution in [0.4, 0.5) is 4.79 Å². The maximum atomic E-state index is 13.8. The Morgan fingerprint density at radius 1 is 1.05 bits per heavy atom. The van der Waals surface area contributed by atoms with E-state index in [2.05, 4.69) is 16.0 Å². The molecule has 5 N–H and O–H groups in total. The predicted octanol–water partition coefficient (Wildman–Crippen LogP) is 1.41. The number of benzene rings is 1. The molecule has 230 valence electrons. The first-order chi connectivity index (χ1) is 19.8. The van der Waals surface area contributed by atoms with Gasteiger partial charge in [0, 0.05) is 6.54 Å². The molecule has 1 aliphatic heterocycles. The highest BCUT2D eigenvalue weighted by atomic mass is 16.5. The van der Waals surface area contributed by atoms with Gasteiger partial charge < -0.3 is 31.3 Å². The number of likely N-dealkylation sites (tertiary alicyclic amines) is 1. The molecule has 0 aromatic heterocycles. The summed E-state index contributed by atoms with van der Waals surface area (Å²) in [6.45, 7) is 7.17. The van der Waals surface area contributed by atoms with E-state index < -0.39 is 65.6 Å². The van der Waals surface area contributed by atoms with E-state index in [0.717, 1.165) is 24.8 Å². The predicted molar refractivity (Wildman–Crippen MR) is 153 cm³/mol. The Kier molecular flexibility index (Phi) is 11.1. The van der Waals surface area contributed by atoms with Crippen molar-refractivity contribution in [2.24, 2.45) is 23.0 Å². The molecule has 0 bridgehead atoms. The molecule has 1 aromatic carbocycles. The zero-order valence-electron chi connectivity index (χ0n) is 24.8. The fraction of sp³-hybridized carbons (Fsp3) is 0.600. The molecule has 12 nitrogen and oxygen atoms in total. The molecule has 2 fully saturated rings. The van der Waals surface area contributed by atoms with E-state index >= 15 is 0 Å². The van der Waals surface area contributed by atoms with Crippen LogP contribution in [0.5, 0.6) is 0 Å². The van der Waals surface area contributed by atoms with Gasteiger partial charge in [-0.15, -0.1) is 0 Å². The molecule has 1 heterocycles. The van der Waals surface area contributed by atoms with Gasteiger partial charge in [-0.2, -0.15) is 0 Å². The Hall–Kier alpha value is -3.96. The smallest absolute Gasteiger partial charge is 0.325 e. The minimum Gasteiger partial charge on any atom is -0.460 e. The second-order valence-corrected chi connectivity index (χ2v) is 12.4. The highest BCUT2D eigenvalue weighted by molar-refractivity contribution is 6.37. The van der Waals surface area contributed by atoms with Crippen molar-refractivity contribution < 1.29 is 33.5 Å². The number of hydrogen-bond acceptors (Lipinski definition) is 7. The lowest BCUT2D eigenvalue weighted by atomic mass is 9.80. The fourth-order valence-electron chi connectivity index (χ4n) is 5.21. The summed E-state index contributed by atoms with van der Waals surface area (Å²) in [5.74, 6) is -3.40. The molecule has 3 rings (SSSR count). The molecule has 1 saturated heterocycles. The lowest BCUT2D eigenvalue weighted by molar-refractivity contribution is -0.143. The quantitative estimate of drug-likeness (QED) is 0.212. The van der Waals surface area contributed by atoms with Crippen molar-refractivity contribution >= 4 is 35.5 Å². The number of esters is 1. The number of ketones is 1. The second-order valence-electron chi connectivity index (χ2n) is 12.4. The van der Waals surface area contributed by atoms with Crippen molar-refractivity contribution in [2.45, 2.75) is 84.5 Å². The Morgan fingerprint density at radius 3 is 2.29 bits per heavy atom. The van der Waals surface area contributed by atoms with Crippen LogP contribution in [0.15, 0.2) is 30.3 Å². The Bertz CT molecular complexity index is 1160. The summed E-state index contributed by atoms with van der Waals surface area (Å²) < 4.78 is 5.18. The number of carbonyl (C=O) groups is 6. The summed E-state index contributed by atoms with van der Waals surface area (Å²) in [6.07, 6.45) is 3.53. The molecule has 12 heteroatoms. The van der Waals surface area contributed by atoms with Crippen molar-refractivity contribution in [3.63, 3.8) is 0 Å². The average molecular weight is 586 g/mol. The zero-order chi connectivity index (χ0) is 31.0. The van der Waals surface area contributed by atoms with Gasteiger partial charge in [-0.25, -0.2) is 4.79 Å². The van der Waals surface area contributed by atoms with Gasteiger partial charge in [0.05, 0.1) is 6.04 Å². The van der Waals surface area contributed by atoms with Crippen molar-refractivity contribution in [3.8, 4) is 0 Å². The third-order valence-corrected chi connectivity index (χ3v) is 7.79. The summed E-state index contributed by atoms with van der Waals surface area (Å²) in [5, 5.41) is 7.77. The molecule has 5 amide bonds. The van der Waals surface area contributed by atoms with Crippen molar-refractivity contribution in [2.75, 3.05) is 13.1 Å². The Labute approximate surface area is 246 Å². The molecule has 0 spiro atoms. The van der Waals surface area contributed by atoms with Gasteiger partial charge in [-0.1, -0.05) is 77.3 Å². The molecule has 2 unspecified atom stereocenters. The molecule has 1 aliphatic carbocycles. The van der Waals surface area contributed by atoms with E-state index in [1.54, 1.807) is 20.8 Å². The summed E-state index contributed by atoms with van der Waals surface area (Å²) >= 11 is 0. The number of carbonyl (C=O) groups excluding carboxylic acids is 6. The number of nitrogens with zero attached hydrogens (tertiary/aromatic N) is 1. The fourth-order valence-corrected chi connectivity index (χ4v) is 5.21. The van der Waals surface area contributed by atoms with E-state index in [9.17, 15) is 28.8 Å². The van der Waals surface area contributed by atoms with Gasteiger partial charge in [0.25, 0.3) is 5.91 Å². The van der Waals surface area contributed by atoms with Gasteiger partial charge in [0.1, 0.15) is 25.2 Å². The number of hydrogen-bond donors (Lipinski definition) is 4. The standard InChI is InChI=1S/C30H43N5O7/c1-18-13-22(27(39)33-21(24(37)26(31)38)14-19-11-8-12-19)35(16-18)28(40)25(30(2,3)4)34-29(41)32-15-23(36)42-17-20-9-6-5-7-10-20/h5-7,9-10,18-19,21-22,25H,8,11-17H2,1-4H3,(H2,31,38)(H,33,39)(H2,32,34,41)/t18-,21?,22+,25?/m1/s1. The molecular formula is C30H43N5O7. The minimum absolute atomic E-state index is 0.0181. The van der Waals surface area contributed by atoms with Crippen LogP contribution in [0.2, 0.25) is 0 Å². The number of ether oxygens (including phenoxy) is 1. The number of Topliss-reactive ketones (excluding diaryl/α,β-unsaturated/α-hetero) is 1. The minimum atomic E-state index is -1.11. The first-order valence-corrected chi connectivity index (χ1v) is 14.4. The van der Waals surface area contributed by atoms with Crippen LogP contribution >= 0.6 is 0 Å². The summed E-state index contributed by atoms with van der Waals surface area (Å²) in [4.78, 5) is 77.6. The highest BCUT2D eigenvalue weighted by Gasteiger charge is 2.45. The molecule has 2 aliphatic rings. The summed E-state index contributed by atoms with van der Waals surface area (Å²) in [7, 11) is 0. The normalized spacial score (nSPS) is 20.0. The van der Waals surface area contributed by atoms with E-state index in [4.69, 9.17) is 10.5 Å². The van der Waals surface area contributed by atoms with E-state index in [-0.39, 0.29) is 25.0 Å². The third kappa shape index (κ3) is 9.02. The second kappa shape index (κ2) is 14.3. The number of amides is 5. The third-order valence-electron chi connectivity index (χ3n) is 7.79. The first kappa shape index (κ1) is 32.6. The first-order valence-electron chi connectivity index (χ1n) is 14.4. The van der Waals surface area contributed by atoms with Crippen molar-refractivity contribution in [1.82, 2.24) is 20.9 Å². The van der Waals surface area contributed by atoms with Crippen LogP contribution in [-0.2, 0) is 35.3 Å². The molecule has 4 atom stereocenters. The number of nitrogens with two attached hydrogens (primary N) is 1. The summed E-state index contributed by atoms with van der Waals surface area (Å²) in [5.41, 5.74) is 5.30. The van der Waals surface area contributed by atoms with E-state index in [1.165, 1.54) is 4.90 Å². The van der Waals surface area contributed by atoms with E-state index in [0.29, 0.717) is 12.8 Å². The van der Waals surface area contributed by atoms with Crippen LogP contribution in [0, 0.1) is 17.3 Å². The Balaban J connectivity index is 1.63. The van der Waals surface area contributed by atoms with Crippen LogP contribution in [0.1, 0.15) is 65.4 Å². The van der Waals surface area contributed by atoms with Gasteiger partial charge in [-0.3, -0.25) is 24.0 Å². The van der Waals surface area contributed by atoms with Crippen molar-refractivity contribution in [1.29, 1.82) is 0 Å². The molecule has 1 saturated carbocycles. The molecule has 1 aromatic rings. The lowest BCUT2D eigenvalue weighted by Crippen LogP contribution is -2.60. The van der Waals surface area contributed by atoms with Gasteiger partial charge in [0.2, 0.25) is 17.6 Å². The lowest BCUT2D eigenvalue weighted by Gasteiger charge is -2.36. The van der Waals surface area contributed by atoms with E-state index in [1.807, 2.05) is 37.3 Å². The monoisotopic (exact) mass is 585 g/mol. The maximum absolute atomic E-state index is 13.8. The maximum Gasteiger partial charge on any atom is 0.325 e. The van der Waals surface area contributed by atoms with Crippen LogP contribution in [0.3, 0.4) is 0 Å². The average Bonchev–Trinajstić information content (AvgIpc) is 3.31. The van der Waals surface area contributed by atoms with Crippen LogP contribution < -0.4 is 21.7 Å². The number of primary amides is 1. The van der Waals surface area contributed by atoms with Gasteiger partial charge in [0.15, 0.2) is 0 Å². The summed E-state index contributed by atoms with van der Waals surface area (Å²) in [6, 6.07) is 5.41. The highest BCUT2D eigenvalue weighted by Crippen LogP contribution is 2.32. The number of rotatable bonds is 12. The number of nitrogens with one attached hydrogen (secondary N) is 3. The van der Waals surface area contributed by atoms with Crippen molar-refractivity contribution in [3.05, 3.63) is 35.9 Å². The Morgan fingerprint density at radius 2 is 1.71 bits per heavy atom. The molecular weight excluding hydrogens is 542 g/mol. The molecule has 0 radical (unpaired) electrons.